The molecule has 1 amide bonds. The van der Waals surface area contributed by atoms with Crippen molar-refractivity contribution in [2.75, 3.05) is 5.32 Å². The molecule has 23 heavy (non-hydrogen) atoms. The Balaban J connectivity index is 0.00000192. The van der Waals surface area contributed by atoms with Gasteiger partial charge in [0.05, 0.1) is 5.69 Å². The van der Waals surface area contributed by atoms with Gasteiger partial charge in [-0.05, 0) is 54.8 Å². The van der Waals surface area contributed by atoms with E-state index in [1.807, 2.05) is 31.2 Å². The summed E-state index contributed by atoms with van der Waals surface area (Å²) in [6.45, 7) is 1.83. The molecule has 1 aromatic carbocycles. The van der Waals surface area contributed by atoms with Crippen molar-refractivity contribution >= 4 is 24.0 Å². The Hall–Kier alpha value is -1.99. The van der Waals surface area contributed by atoms with Gasteiger partial charge in [-0.15, -0.1) is 17.5 Å². The molecule has 2 unspecified atom stereocenters. The van der Waals surface area contributed by atoms with Crippen molar-refractivity contribution in [3.8, 4) is 5.69 Å². The fourth-order valence-corrected chi connectivity index (χ4v) is 2.90. The highest BCUT2D eigenvalue weighted by Gasteiger charge is 2.25. The highest BCUT2D eigenvalue weighted by Crippen LogP contribution is 2.25. The number of anilines is 1. The second kappa shape index (κ2) is 7.52. The highest BCUT2D eigenvalue weighted by atomic mass is 35.5. The van der Waals surface area contributed by atoms with E-state index in [9.17, 15) is 4.79 Å². The van der Waals surface area contributed by atoms with Gasteiger partial charge in [-0.1, -0.05) is 12.5 Å². The number of tetrazole rings is 1. The number of nitrogens with zero attached hydrogens (tertiary/aromatic N) is 4. The van der Waals surface area contributed by atoms with Gasteiger partial charge in [0.15, 0.2) is 5.82 Å². The van der Waals surface area contributed by atoms with Crippen LogP contribution in [0.3, 0.4) is 0 Å². The zero-order valence-corrected chi connectivity index (χ0v) is 13.8. The van der Waals surface area contributed by atoms with Crippen molar-refractivity contribution in [2.45, 2.75) is 38.6 Å². The van der Waals surface area contributed by atoms with E-state index in [4.69, 9.17) is 5.73 Å². The molecule has 1 aliphatic rings. The summed E-state index contributed by atoms with van der Waals surface area (Å²) in [5, 5.41) is 14.4. The van der Waals surface area contributed by atoms with Crippen LogP contribution in [0, 0.1) is 12.8 Å². The molecule has 1 aliphatic carbocycles. The van der Waals surface area contributed by atoms with Crippen LogP contribution in [-0.2, 0) is 4.79 Å². The molecule has 0 spiro atoms. The third-order valence-corrected chi connectivity index (χ3v) is 4.07. The predicted octanol–water partition coefficient (Wildman–Crippen LogP) is 1.85. The quantitative estimate of drug-likeness (QED) is 0.891. The maximum atomic E-state index is 12.4. The lowest BCUT2D eigenvalue weighted by molar-refractivity contribution is -0.120. The van der Waals surface area contributed by atoms with Gasteiger partial charge in [-0.25, -0.2) is 0 Å². The molecule has 1 aromatic heterocycles. The molecule has 7 nitrogen and oxygen atoms in total. The summed E-state index contributed by atoms with van der Waals surface area (Å²) in [5.74, 6) is 0.740. The highest BCUT2D eigenvalue weighted by molar-refractivity contribution is 5.92. The van der Waals surface area contributed by atoms with Crippen LogP contribution in [0.15, 0.2) is 24.3 Å². The van der Waals surface area contributed by atoms with E-state index in [0.29, 0.717) is 5.82 Å². The van der Waals surface area contributed by atoms with Crippen molar-refractivity contribution in [1.82, 2.24) is 20.2 Å². The molecule has 2 aromatic rings. The Morgan fingerprint density at radius 3 is 2.91 bits per heavy atom. The maximum Gasteiger partial charge on any atom is 0.227 e. The molecule has 3 N–H and O–H groups in total. The molecular formula is C15H21ClN6O. The first-order valence-electron chi connectivity index (χ1n) is 7.55. The zero-order valence-electron chi connectivity index (χ0n) is 13.0. The molecule has 3 rings (SSSR count). The molecule has 1 heterocycles. The van der Waals surface area contributed by atoms with Gasteiger partial charge in [-0.2, -0.15) is 4.68 Å². The van der Waals surface area contributed by atoms with Gasteiger partial charge in [-0.3, -0.25) is 4.79 Å². The Morgan fingerprint density at radius 1 is 1.39 bits per heavy atom. The molecule has 8 heteroatoms. The first-order valence-corrected chi connectivity index (χ1v) is 7.55. The van der Waals surface area contributed by atoms with Gasteiger partial charge >= 0.3 is 0 Å². The minimum atomic E-state index is 0. The summed E-state index contributed by atoms with van der Waals surface area (Å²) in [6.07, 6.45) is 3.70. The first kappa shape index (κ1) is 17.4. The summed E-state index contributed by atoms with van der Waals surface area (Å²) < 4.78 is 1.63. The zero-order chi connectivity index (χ0) is 15.5. The molecule has 2 atom stereocenters. The van der Waals surface area contributed by atoms with Gasteiger partial charge in [0, 0.05) is 17.6 Å². The third-order valence-electron chi connectivity index (χ3n) is 4.07. The maximum absolute atomic E-state index is 12.4. The summed E-state index contributed by atoms with van der Waals surface area (Å²) in [6, 6.07) is 7.64. The molecule has 0 saturated heterocycles. The van der Waals surface area contributed by atoms with Crippen LogP contribution in [0.25, 0.3) is 5.69 Å². The van der Waals surface area contributed by atoms with E-state index >= 15 is 0 Å². The molecule has 124 valence electrons. The summed E-state index contributed by atoms with van der Waals surface area (Å²) in [4.78, 5) is 12.4. The van der Waals surface area contributed by atoms with Crippen LogP contribution >= 0.6 is 12.4 Å². The number of carbonyl (C=O) groups excluding carboxylic acids is 1. The van der Waals surface area contributed by atoms with Crippen molar-refractivity contribution < 1.29 is 4.79 Å². The summed E-state index contributed by atoms with van der Waals surface area (Å²) in [5.41, 5.74) is 7.52. The van der Waals surface area contributed by atoms with Crippen molar-refractivity contribution in [3.05, 3.63) is 30.1 Å². The normalized spacial score (nSPS) is 20.6. The van der Waals surface area contributed by atoms with E-state index in [1.54, 1.807) is 4.68 Å². The topological polar surface area (TPSA) is 98.7 Å². The monoisotopic (exact) mass is 336 g/mol. The van der Waals surface area contributed by atoms with Crippen LogP contribution in [0.2, 0.25) is 0 Å². The fraction of sp³-hybridized carbons (Fsp3) is 0.467. The summed E-state index contributed by atoms with van der Waals surface area (Å²) >= 11 is 0. The van der Waals surface area contributed by atoms with E-state index in [0.717, 1.165) is 37.1 Å². The SMILES string of the molecule is Cc1nnnn1-c1cccc(NC(=O)C2CCCC(N)C2)c1.Cl. The average molecular weight is 337 g/mol. The Bertz CT molecular complexity index is 673. The van der Waals surface area contributed by atoms with Crippen LogP contribution in [0.4, 0.5) is 5.69 Å². The number of hydrogen-bond donors (Lipinski definition) is 2. The number of aromatic nitrogens is 4. The third kappa shape index (κ3) is 4.05. The number of nitrogens with two attached hydrogens (primary N) is 1. The largest absolute Gasteiger partial charge is 0.328 e. The van der Waals surface area contributed by atoms with Gasteiger partial charge in [0.2, 0.25) is 5.91 Å². The minimum Gasteiger partial charge on any atom is -0.328 e. The lowest BCUT2D eigenvalue weighted by Gasteiger charge is -2.25. The van der Waals surface area contributed by atoms with Crippen LogP contribution in [0.5, 0.6) is 0 Å². The fourth-order valence-electron chi connectivity index (χ4n) is 2.90. The Labute approximate surface area is 141 Å². The van der Waals surface area contributed by atoms with Gasteiger partial charge in [0.1, 0.15) is 0 Å². The molecule has 0 aliphatic heterocycles. The van der Waals surface area contributed by atoms with E-state index in [1.165, 1.54) is 0 Å². The number of nitrogens with one attached hydrogen (secondary N) is 1. The number of carbonyl (C=O) groups is 1. The van der Waals surface area contributed by atoms with Crippen molar-refractivity contribution in [3.63, 3.8) is 0 Å². The predicted molar refractivity (Wildman–Crippen MR) is 89.7 cm³/mol. The first-order chi connectivity index (χ1) is 10.6. The molecule has 1 saturated carbocycles. The van der Waals surface area contributed by atoms with Crippen molar-refractivity contribution in [1.29, 1.82) is 0 Å². The number of aryl methyl sites for hydroxylation is 1. The smallest absolute Gasteiger partial charge is 0.227 e. The second-order valence-corrected chi connectivity index (χ2v) is 5.80. The van der Waals surface area contributed by atoms with E-state index < -0.39 is 0 Å². The van der Waals surface area contributed by atoms with Crippen LogP contribution in [0.1, 0.15) is 31.5 Å². The lowest BCUT2D eigenvalue weighted by atomic mass is 9.85. The summed E-state index contributed by atoms with van der Waals surface area (Å²) in [7, 11) is 0. The van der Waals surface area contributed by atoms with Gasteiger partial charge < -0.3 is 11.1 Å². The average Bonchev–Trinajstić information content (AvgIpc) is 2.94. The molecule has 0 radical (unpaired) electrons. The van der Waals surface area contributed by atoms with Crippen LogP contribution < -0.4 is 11.1 Å². The Kier molecular flexibility index (Phi) is 5.68. The number of halogens is 1. The van der Waals surface area contributed by atoms with E-state index in [2.05, 4.69) is 20.8 Å². The lowest BCUT2D eigenvalue weighted by Crippen LogP contribution is -2.34. The van der Waals surface area contributed by atoms with E-state index in [-0.39, 0.29) is 30.3 Å². The molecule has 1 fully saturated rings. The number of rotatable bonds is 3. The number of benzene rings is 1. The number of hydrogen-bond acceptors (Lipinski definition) is 5. The molecule has 0 bridgehead atoms. The van der Waals surface area contributed by atoms with Crippen LogP contribution in [-0.4, -0.2) is 32.2 Å². The standard InChI is InChI=1S/C15H20N6O.ClH/c1-10-18-19-20-21(10)14-7-3-6-13(9-14)17-15(22)11-4-2-5-12(16)8-11;/h3,6-7,9,11-12H,2,4-5,8,16H2,1H3,(H,17,22);1H. The second-order valence-electron chi connectivity index (χ2n) is 5.80. The number of amides is 1. The molecular weight excluding hydrogens is 316 g/mol. The minimum absolute atomic E-state index is 0. The Morgan fingerprint density at radius 2 is 2.22 bits per heavy atom. The van der Waals surface area contributed by atoms with Crippen molar-refractivity contribution in [2.24, 2.45) is 11.7 Å². The van der Waals surface area contributed by atoms with Gasteiger partial charge in [0.25, 0.3) is 0 Å².